The van der Waals surface area contributed by atoms with Gasteiger partial charge in [-0.2, -0.15) is 0 Å². The zero-order chi connectivity index (χ0) is 30.1. The number of benzene rings is 3. The Morgan fingerprint density at radius 3 is 2.16 bits per heavy atom. The molecule has 7 heteroatoms. The molecule has 2 aliphatic heterocycles. The predicted molar refractivity (Wildman–Crippen MR) is 167 cm³/mol. The van der Waals surface area contributed by atoms with Crippen molar-refractivity contribution in [3.63, 3.8) is 0 Å². The maximum Gasteiger partial charge on any atom is 0.306 e. The molecule has 0 spiro atoms. The standard InChI is InChI=1S/C36H43FO5Si/c1-35(2,3)43(28-12-6-4-7-13-28,29-14-8-5-9-15-29)41-24-30-31-22-33(38)40-25-36(31,26-17-19-27(37)20-18-26)23-32(30)42-34-16-10-11-21-39-34/h4-9,12-15,17-20,30-32,34H,10-11,16,21-25H2,1-3H3/t30-,31-,32-,34?,36-/m0/s1. The summed E-state index contributed by atoms with van der Waals surface area (Å²) in [5.74, 6) is -0.638. The van der Waals surface area contributed by atoms with Crippen molar-refractivity contribution in [3.05, 3.63) is 96.3 Å². The summed E-state index contributed by atoms with van der Waals surface area (Å²) in [6.07, 6.45) is 3.40. The van der Waals surface area contributed by atoms with E-state index in [4.69, 9.17) is 18.6 Å². The first kappa shape index (κ1) is 30.2. The molecule has 2 saturated heterocycles. The third-order valence-electron chi connectivity index (χ3n) is 9.94. The molecule has 6 rings (SSSR count). The van der Waals surface area contributed by atoms with Gasteiger partial charge >= 0.3 is 5.97 Å². The Bertz CT molecular complexity index is 1330. The SMILES string of the molecule is CC(C)(C)[Si](OC[C@@H]1[C@@H](OC2CCCCO2)C[C@@]2(c3ccc(F)cc3)COC(=O)C[C@@H]12)(c1ccccc1)c1ccccc1. The van der Waals surface area contributed by atoms with Gasteiger partial charge in [0.05, 0.1) is 6.10 Å². The van der Waals surface area contributed by atoms with E-state index in [-0.39, 0.29) is 54.1 Å². The zero-order valence-corrected chi connectivity index (χ0v) is 26.5. The van der Waals surface area contributed by atoms with E-state index < -0.39 is 13.7 Å². The lowest BCUT2D eigenvalue weighted by molar-refractivity contribution is -0.197. The highest BCUT2D eigenvalue weighted by Crippen LogP contribution is 2.55. The van der Waals surface area contributed by atoms with Crippen molar-refractivity contribution in [1.29, 1.82) is 0 Å². The quantitative estimate of drug-likeness (QED) is 0.229. The highest BCUT2D eigenvalue weighted by atomic mass is 28.4. The Hall–Kier alpha value is -2.84. The van der Waals surface area contributed by atoms with E-state index in [0.717, 1.165) is 24.8 Å². The smallest absolute Gasteiger partial charge is 0.306 e. The number of ether oxygens (including phenoxy) is 3. The summed E-state index contributed by atoms with van der Waals surface area (Å²) in [6.45, 7) is 8.21. The maximum absolute atomic E-state index is 14.1. The number of esters is 1. The summed E-state index contributed by atoms with van der Waals surface area (Å²) in [5, 5.41) is 2.25. The second-order valence-electron chi connectivity index (χ2n) is 13.4. The summed E-state index contributed by atoms with van der Waals surface area (Å²) in [7, 11) is -2.84. The lowest BCUT2D eigenvalue weighted by Gasteiger charge is -2.45. The van der Waals surface area contributed by atoms with E-state index in [1.165, 1.54) is 22.5 Å². The number of halogens is 1. The number of hydrogen-bond acceptors (Lipinski definition) is 5. The van der Waals surface area contributed by atoms with Crippen molar-refractivity contribution in [1.82, 2.24) is 0 Å². The fourth-order valence-electron chi connectivity index (χ4n) is 7.86. The minimum absolute atomic E-state index is 0.0778. The van der Waals surface area contributed by atoms with Gasteiger partial charge in [-0.05, 0) is 64.7 Å². The fraction of sp³-hybridized carbons (Fsp3) is 0.472. The monoisotopic (exact) mass is 602 g/mol. The molecule has 43 heavy (non-hydrogen) atoms. The van der Waals surface area contributed by atoms with Crippen LogP contribution in [0, 0.1) is 17.7 Å². The average Bonchev–Trinajstić information content (AvgIpc) is 3.31. The van der Waals surface area contributed by atoms with Crippen molar-refractivity contribution >= 4 is 24.7 Å². The molecule has 1 aliphatic carbocycles. The zero-order valence-electron chi connectivity index (χ0n) is 25.5. The van der Waals surface area contributed by atoms with Gasteiger partial charge in [-0.3, -0.25) is 4.79 Å². The Kier molecular flexibility index (Phi) is 8.62. The second kappa shape index (κ2) is 12.3. The Morgan fingerprint density at radius 1 is 0.930 bits per heavy atom. The molecule has 1 unspecified atom stereocenters. The van der Waals surface area contributed by atoms with Gasteiger partial charge in [-0.25, -0.2) is 4.39 Å². The molecular weight excluding hydrogens is 559 g/mol. The van der Waals surface area contributed by atoms with Crippen LogP contribution in [-0.4, -0.2) is 46.5 Å². The minimum Gasteiger partial charge on any atom is -0.465 e. The van der Waals surface area contributed by atoms with Gasteiger partial charge < -0.3 is 18.6 Å². The lowest BCUT2D eigenvalue weighted by Crippen LogP contribution is -2.67. The predicted octanol–water partition coefficient (Wildman–Crippen LogP) is 6.13. The van der Waals surface area contributed by atoms with Crippen LogP contribution in [0.4, 0.5) is 4.39 Å². The summed E-state index contributed by atoms with van der Waals surface area (Å²) >= 11 is 0. The third kappa shape index (κ3) is 5.73. The van der Waals surface area contributed by atoms with Crippen molar-refractivity contribution < 1.29 is 27.8 Å². The van der Waals surface area contributed by atoms with Gasteiger partial charge in [0.25, 0.3) is 8.32 Å². The normalized spacial score (nSPS) is 27.9. The van der Waals surface area contributed by atoms with E-state index in [9.17, 15) is 9.18 Å². The first-order chi connectivity index (χ1) is 20.7. The largest absolute Gasteiger partial charge is 0.465 e. The first-order valence-electron chi connectivity index (χ1n) is 15.7. The molecule has 3 fully saturated rings. The van der Waals surface area contributed by atoms with Crippen molar-refractivity contribution in [3.8, 4) is 0 Å². The van der Waals surface area contributed by atoms with Crippen molar-refractivity contribution in [2.75, 3.05) is 19.8 Å². The Morgan fingerprint density at radius 2 is 1.58 bits per heavy atom. The highest BCUT2D eigenvalue weighted by Gasteiger charge is 2.60. The summed E-state index contributed by atoms with van der Waals surface area (Å²) in [6, 6.07) is 28.0. The number of rotatable bonds is 8. The molecule has 0 aromatic heterocycles. The molecule has 0 radical (unpaired) electrons. The molecule has 5 nitrogen and oxygen atoms in total. The molecule has 5 atom stereocenters. The van der Waals surface area contributed by atoms with Gasteiger partial charge in [-0.1, -0.05) is 93.6 Å². The van der Waals surface area contributed by atoms with E-state index in [0.29, 0.717) is 19.6 Å². The van der Waals surface area contributed by atoms with Gasteiger partial charge in [-0.15, -0.1) is 0 Å². The third-order valence-corrected chi connectivity index (χ3v) is 14.9. The number of carbonyl (C=O) groups excluding carboxylic acids is 1. The van der Waals surface area contributed by atoms with Crippen LogP contribution in [0.25, 0.3) is 0 Å². The minimum atomic E-state index is -2.84. The van der Waals surface area contributed by atoms with Crippen LogP contribution < -0.4 is 10.4 Å². The molecule has 0 bridgehead atoms. The molecule has 3 aliphatic rings. The first-order valence-corrected chi connectivity index (χ1v) is 17.6. The van der Waals surface area contributed by atoms with Crippen LogP contribution in [0.5, 0.6) is 0 Å². The molecule has 0 N–H and O–H groups in total. The highest BCUT2D eigenvalue weighted by molar-refractivity contribution is 6.99. The van der Waals surface area contributed by atoms with Crippen molar-refractivity contribution in [2.45, 2.75) is 75.7 Å². The van der Waals surface area contributed by atoms with Crippen LogP contribution in [0.1, 0.15) is 58.4 Å². The Balaban J connectivity index is 1.42. The van der Waals surface area contributed by atoms with Crippen molar-refractivity contribution in [2.24, 2.45) is 11.8 Å². The molecule has 3 aromatic carbocycles. The molecule has 2 heterocycles. The lowest BCUT2D eigenvalue weighted by atomic mass is 9.68. The molecule has 3 aromatic rings. The topological polar surface area (TPSA) is 54.0 Å². The molecular formula is C36H43FO5Si. The number of fused-ring (bicyclic) bond motifs is 1. The summed E-state index contributed by atoms with van der Waals surface area (Å²) in [5.41, 5.74) is 0.498. The van der Waals surface area contributed by atoms with E-state index in [1.54, 1.807) is 0 Å². The van der Waals surface area contributed by atoms with Crippen LogP contribution in [0.15, 0.2) is 84.9 Å². The molecule has 1 saturated carbocycles. The van der Waals surface area contributed by atoms with E-state index in [2.05, 4.69) is 69.3 Å². The van der Waals surface area contributed by atoms with E-state index in [1.807, 2.05) is 24.3 Å². The van der Waals surface area contributed by atoms with E-state index >= 15 is 0 Å². The summed E-state index contributed by atoms with van der Waals surface area (Å²) in [4.78, 5) is 12.9. The number of cyclic esters (lactones) is 1. The Labute approximate surface area is 255 Å². The molecule has 0 amide bonds. The average molecular weight is 603 g/mol. The number of hydrogen-bond donors (Lipinski definition) is 0. The van der Waals surface area contributed by atoms with Crippen LogP contribution in [0.3, 0.4) is 0 Å². The van der Waals surface area contributed by atoms with Crippen LogP contribution >= 0.6 is 0 Å². The van der Waals surface area contributed by atoms with Crippen LogP contribution in [-0.2, 0) is 28.8 Å². The molecule has 228 valence electrons. The van der Waals surface area contributed by atoms with Gasteiger partial charge in [0.2, 0.25) is 0 Å². The second-order valence-corrected chi connectivity index (χ2v) is 17.8. The van der Waals surface area contributed by atoms with Gasteiger partial charge in [0.1, 0.15) is 12.4 Å². The fourth-order valence-corrected chi connectivity index (χ4v) is 12.5. The summed E-state index contributed by atoms with van der Waals surface area (Å²) < 4.78 is 40.1. The van der Waals surface area contributed by atoms with Crippen LogP contribution in [0.2, 0.25) is 5.04 Å². The van der Waals surface area contributed by atoms with Gasteiger partial charge in [0.15, 0.2) is 6.29 Å². The number of carbonyl (C=O) groups is 1. The maximum atomic E-state index is 14.1. The van der Waals surface area contributed by atoms with Gasteiger partial charge in [0, 0.05) is 31.0 Å².